The number of aryl methyl sites for hydroxylation is 1. The summed E-state index contributed by atoms with van der Waals surface area (Å²) in [6.45, 7) is 2.00. The lowest BCUT2D eigenvalue weighted by atomic mass is 9.98. The van der Waals surface area contributed by atoms with Gasteiger partial charge in [0.2, 0.25) is 0 Å². The van der Waals surface area contributed by atoms with Crippen molar-refractivity contribution in [3.8, 4) is 0 Å². The smallest absolute Gasteiger partial charge is 0.314 e. The maximum Gasteiger partial charge on any atom is 0.314 e. The topological polar surface area (TPSA) is 87.5 Å². The first-order chi connectivity index (χ1) is 13.0. The van der Waals surface area contributed by atoms with Gasteiger partial charge in [-0.25, -0.2) is 0 Å². The largest absolute Gasteiger partial charge is 0.360 e. The minimum Gasteiger partial charge on any atom is -0.360 e. The van der Waals surface area contributed by atoms with Crippen molar-refractivity contribution in [2.24, 2.45) is 0 Å². The molecule has 27 heavy (non-hydrogen) atoms. The van der Waals surface area contributed by atoms with E-state index in [0.29, 0.717) is 12.3 Å². The van der Waals surface area contributed by atoms with E-state index in [1.165, 1.54) is 0 Å². The van der Waals surface area contributed by atoms with Gasteiger partial charge in [-0.2, -0.15) is 0 Å². The maximum atomic E-state index is 12.2. The van der Waals surface area contributed by atoms with Gasteiger partial charge in [-0.3, -0.25) is 14.9 Å². The van der Waals surface area contributed by atoms with Crippen molar-refractivity contribution in [2.45, 2.75) is 13.0 Å². The summed E-state index contributed by atoms with van der Waals surface area (Å²) in [5.74, 6) is -0.735. The summed E-state index contributed by atoms with van der Waals surface area (Å²) in [5.41, 5.74) is 1.09. The first-order valence-electron chi connectivity index (χ1n) is 8.62. The van der Waals surface area contributed by atoms with Crippen LogP contribution in [-0.2, 0) is 9.59 Å². The second-order valence-electron chi connectivity index (χ2n) is 6.53. The Hall–Kier alpha value is -3.19. The number of fused-ring (bicyclic) bond motifs is 1. The van der Waals surface area contributed by atoms with E-state index in [0.717, 1.165) is 16.3 Å². The van der Waals surface area contributed by atoms with Crippen molar-refractivity contribution < 1.29 is 14.1 Å². The summed E-state index contributed by atoms with van der Waals surface area (Å²) in [6, 6.07) is 15.6. The van der Waals surface area contributed by atoms with E-state index in [-0.39, 0.29) is 11.9 Å². The van der Waals surface area contributed by atoms with Crippen molar-refractivity contribution in [3.05, 3.63) is 59.9 Å². The van der Waals surface area contributed by atoms with E-state index in [9.17, 15) is 9.59 Å². The Morgan fingerprint density at radius 2 is 1.85 bits per heavy atom. The van der Waals surface area contributed by atoms with Crippen molar-refractivity contribution in [3.63, 3.8) is 0 Å². The molecule has 0 saturated heterocycles. The quantitative estimate of drug-likeness (QED) is 0.678. The molecular formula is C20H22N4O3. The molecule has 0 fully saturated rings. The number of likely N-dealkylation sites (N-methyl/N-ethyl adjacent to an activating group) is 1. The molecular weight excluding hydrogens is 344 g/mol. The highest BCUT2D eigenvalue weighted by atomic mass is 16.5. The fraction of sp³-hybridized carbons (Fsp3) is 0.250. The summed E-state index contributed by atoms with van der Waals surface area (Å²) in [6.07, 6.45) is 0. The van der Waals surface area contributed by atoms with Crippen LogP contribution in [0, 0.1) is 6.92 Å². The van der Waals surface area contributed by atoms with Crippen LogP contribution in [0.25, 0.3) is 10.8 Å². The molecule has 1 aromatic heterocycles. The highest BCUT2D eigenvalue weighted by molar-refractivity contribution is 6.39. The number of nitrogens with zero attached hydrogens (tertiary/aromatic N) is 2. The predicted molar refractivity (Wildman–Crippen MR) is 103 cm³/mol. The fourth-order valence-corrected chi connectivity index (χ4v) is 2.98. The number of carbonyl (C=O) groups excluding carboxylic acids is 2. The SMILES string of the molecule is Cc1cc(NC(=O)C(=O)NC[C@H](c2cccc3ccccc23)N(C)C)no1. The molecule has 7 nitrogen and oxygen atoms in total. The summed E-state index contributed by atoms with van der Waals surface area (Å²) in [5, 5.41) is 11.0. The van der Waals surface area contributed by atoms with Crippen LogP contribution in [0.4, 0.5) is 5.82 Å². The molecule has 0 aliphatic heterocycles. The molecule has 0 bridgehead atoms. The highest BCUT2D eigenvalue weighted by Crippen LogP contribution is 2.26. The summed E-state index contributed by atoms with van der Waals surface area (Å²) in [7, 11) is 3.88. The molecule has 0 saturated carbocycles. The van der Waals surface area contributed by atoms with Gasteiger partial charge in [0.15, 0.2) is 5.82 Å². The van der Waals surface area contributed by atoms with Gasteiger partial charge >= 0.3 is 11.8 Å². The van der Waals surface area contributed by atoms with Crippen LogP contribution in [0.1, 0.15) is 17.4 Å². The lowest BCUT2D eigenvalue weighted by molar-refractivity contribution is -0.136. The number of hydrogen-bond acceptors (Lipinski definition) is 5. The van der Waals surface area contributed by atoms with Gasteiger partial charge in [0, 0.05) is 12.6 Å². The van der Waals surface area contributed by atoms with Crippen LogP contribution in [0.3, 0.4) is 0 Å². The normalized spacial score (nSPS) is 12.1. The average molecular weight is 366 g/mol. The second-order valence-corrected chi connectivity index (χ2v) is 6.53. The standard InChI is InChI=1S/C20H22N4O3/c1-13-11-18(23-27-13)22-20(26)19(25)21-12-17(24(2)3)16-10-6-8-14-7-4-5-9-15(14)16/h4-11,17H,12H2,1-3H3,(H,21,25)(H,22,23,26)/t17-/m1/s1. The third-order valence-electron chi connectivity index (χ3n) is 4.34. The van der Waals surface area contributed by atoms with E-state index in [2.05, 4.69) is 34.0 Å². The van der Waals surface area contributed by atoms with Crippen LogP contribution < -0.4 is 10.6 Å². The zero-order chi connectivity index (χ0) is 19.4. The highest BCUT2D eigenvalue weighted by Gasteiger charge is 2.21. The Kier molecular flexibility index (Phi) is 5.52. The molecule has 2 amide bonds. The number of aromatic nitrogens is 1. The molecule has 7 heteroatoms. The third-order valence-corrected chi connectivity index (χ3v) is 4.34. The molecule has 0 aliphatic rings. The molecule has 0 spiro atoms. The van der Waals surface area contributed by atoms with Crippen LogP contribution in [0.5, 0.6) is 0 Å². The lowest BCUT2D eigenvalue weighted by Gasteiger charge is -2.26. The molecule has 0 radical (unpaired) electrons. The summed E-state index contributed by atoms with van der Waals surface area (Å²) in [4.78, 5) is 26.2. The summed E-state index contributed by atoms with van der Waals surface area (Å²) < 4.78 is 4.87. The average Bonchev–Trinajstić information content (AvgIpc) is 3.06. The fourth-order valence-electron chi connectivity index (χ4n) is 2.98. The van der Waals surface area contributed by atoms with E-state index in [1.807, 2.05) is 43.3 Å². The van der Waals surface area contributed by atoms with Crippen molar-refractivity contribution in [1.82, 2.24) is 15.4 Å². The Labute approximate surface area is 157 Å². The van der Waals surface area contributed by atoms with Gasteiger partial charge in [-0.1, -0.05) is 47.6 Å². The van der Waals surface area contributed by atoms with Gasteiger partial charge in [-0.15, -0.1) is 0 Å². The molecule has 2 aromatic carbocycles. The van der Waals surface area contributed by atoms with Gasteiger partial charge in [0.05, 0.1) is 6.04 Å². The number of carbonyl (C=O) groups is 2. The number of rotatable bonds is 5. The Morgan fingerprint density at radius 1 is 1.11 bits per heavy atom. The molecule has 1 atom stereocenters. The Balaban J connectivity index is 1.71. The minimum atomic E-state index is -0.779. The number of anilines is 1. The van der Waals surface area contributed by atoms with Gasteiger partial charge < -0.3 is 14.7 Å². The van der Waals surface area contributed by atoms with E-state index in [4.69, 9.17) is 4.52 Å². The van der Waals surface area contributed by atoms with E-state index in [1.54, 1.807) is 13.0 Å². The van der Waals surface area contributed by atoms with Crippen LogP contribution in [-0.4, -0.2) is 42.5 Å². The van der Waals surface area contributed by atoms with Crippen molar-refractivity contribution >= 4 is 28.4 Å². The monoisotopic (exact) mass is 366 g/mol. The lowest BCUT2D eigenvalue weighted by Crippen LogP contribution is -2.40. The van der Waals surface area contributed by atoms with E-state index < -0.39 is 11.8 Å². The van der Waals surface area contributed by atoms with Crippen LogP contribution in [0.2, 0.25) is 0 Å². The molecule has 140 valence electrons. The first-order valence-corrected chi connectivity index (χ1v) is 8.62. The molecule has 0 unspecified atom stereocenters. The maximum absolute atomic E-state index is 12.2. The van der Waals surface area contributed by atoms with Gasteiger partial charge in [-0.05, 0) is 37.4 Å². The van der Waals surface area contributed by atoms with Gasteiger partial charge in [0.25, 0.3) is 0 Å². The Bertz CT molecular complexity index is 959. The second kappa shape index (κ2) is 8.01. The third kappa shape index (κ3) is 4.32. The van der Waals surface area contributed by atoms with E-state index >= 15 is 0 Å². The number of amides is 2. The van der Waals surface area contributed by atoms with Crippen molar-refractivity contribution in [2.75, 3.05) is 26.0 Å². The number of nitrogens with one attached hydrogen (secondary N) is 2. The Morgan fingerprint density at radius 3 is 2.56 bits per heavy atom. The van der Waals surface area contributed by atoms with Gasteiger partial charge in [0.1, 0.15) is 5.76 Å². The molecule has 3 rings (SSSR count). The van der Waals surface area contributed by atoms with Crippen LogP contribution >= 0.6 is 0 Å². The number of hydrogen-bond donors (Lipinski definition) is 2. The number of benzene rings is 2. The zero-order valence-electron chi connectivity index (χ0n) is 15.5. The minimum absolute atomic E-state index is 0.0813. The summed E-state index contributed by atoms with van der Waals surface area (Å²) >= 11 is 0. The molecule has 2 N–H and O–H groups in total. The molecule has 3 aromatic rings. The zero-order valence-corrected chi connectivity index (χ0v) is 15.5. The predicted octanol–water partition coefficient (Wildman–Crippen LogP) is 2.49. The molecule has 1 heterocycles. The first kappa shape index (κ1) is 18.6. The van der Waals surface area contributed by atoms with Crippen molar-refractivity contribution in [1.29, 1.82) is 0 Å². The molecule has 0 aliphatic carbocycles. The van der Waals surface area contributed by atoms with Crippen LogP contribution in [0.15, 0.2) is 53.1 Å².